The number of nitrogens with zero attached hydrogens (tertiary/aromatic N) is 4. The van der Waals surface area contributed by atoms with Gasteiger partial charge in [-0.1, -0.05) is 12.1 Å². The Bertz CT molecular complexity index is 874. The van der Waals surface area contributed by atoms with E-state index in [0.29, 0.717) is 25.9 Å². The van der Waals surface area contributed by atoms with Crippen molar-refractivity contribution in [3.63, 3.8) is 0 Å². The van der Waals surface area contributed by atoms with Crippen LogP contribution in [-0.2, 0) is 4.74 Å². The van der Waals surface area contributed by atoms with Crippen molar-refractivity contribution < 1.29 is 27.4 Å². The maximum Gasteiger partial charge on any atom is 0.410 e. The maximum absolute atomic E-state index is 14.1. The number of amides is 1. The number of ether oxygens (including phenoxy) is 2. The Kier molecular flexibility index (Phi) is 6.52. The highest BCUT2D eigenvalue weighted by Crippen LogP contribution is 2.25. The molecule has 3 rings (SSSR count). The summed E-state index contributed by atoms with van der Waals surface area (Å²) in [6.07, 6.45) is -1.94. The van der Waals surface area contributed by atoms with Crippen molar-refractivity contribution in [3.05, 3.63) is 35.9 Å². The van der Waals surface area contributed by atoms with Gasteiger partial charge in [0.1, 0.15) is 17.1 Å². The zero-order chi connectivity index (χ0) is 21.9. The van der Waals surface area contributed by atoms with Crippen LogP contribution < -0.4 is 4.74 Å². The third kappa shape index (κ3) is 5.43. The SMILES string of the molecule is CC(C)(C)OC(=O)N1CCC(COc2nc(C(F)F)nn2-c2ccccc2F)CC1. The van der Waals surface area contributed by atoms with Crippen LogP contribution in [0.5, 0.6) is 6.01 Å². The van der Waals surface area contributed by atoms with Crippen molar-refractivity contribution in [2.45, 2.75) is 45.6 Å². The Morgan fingerprint density at radius 2 is 1.90 bits per heavy atom. The summed E-state index contributed by atoms with van der Waals surface area (Å²) in [7, 11) is 0. The molecule has 1 aliphatic heterocycles. The van der Waals surface area contributed by atoms with E-state index in [9.17, 15) is 18.0 Å². The molecule has 1 saturated heterocycles. The summed E-state index contributed by atoms with van der Waals surface area (Å²) in [5.74, 6) is -1.27. The first kappa shape index (κ1) is 21.9. The molecule has 2 aromatic rings. The lowest BCUT2D eigenvalue weighted by atomic mass is 9.98. The maximum atomic E-state index is 14.1. The number of piperidine rings is 1. The fourth-order valence-electron chi connectivity index (χ4n) is 3.08. The standard InChI is InChI=1S/C20H25F3N4O3/c1-20(2,3)30-19(28)26-10-8-13(9-11-26)12-29-18-24-17(16(22)23)25-27(18)15-7-5-4-6-14(15)21/h4-7,13,16H,8-12H2,1-3H3. The van der Waals surface area contributed by atoms with Crippen LogP contribution in [0.1, 0.15) is 45.9 Å². The predicted molar refractivity (Wildman–Crippen MR) is 102 cm³/mol. The average Bonchev–Trinajstić information content (AvgIpc) is 3.10. The number of aromatic nitrogens is 3. The first-order valence-electron chi connectivity index (χ1n) is 9.75. The van der Waals surface area contributed by atoms with E-state index in [4.69, 9.17) is 9.47 Å². The Morgan fingerprint density at radius 3 is 2.50 bits per heavy atom. The molecule has 0 saturated carbocycles. The third-order valence-electron chi connectivity index (χ3n) is 4.58. The summed E-state index contributed by atoms with van der Waals surface area (Å²) in [5.41, 5.74) is -0.581. The Balaban J connectivity index is 1.63. The molecule has 0 unspecified atom stereocenters. The molecule has 1 aromatic heterocycles. The number of alkyl halides is 2. The summed E-state index contributed by atoms with van der Waals surface area (Å²) in [6, 6.07) is 5.48. The van der Waals surface area contributed by atoms with Crippen LogP contribution in [0.3, 0.4) is 0 Å². The topological polar surface area (TPSA) is 69.5 Å². The molecule has 1 amide bonds. The van der Waals surface area contributed by atoms with Crippen LogP contribution in [0.25, 0.3) is 5.69 Å². The molecule has 0 spiro atoms. The predicted octanol–water partition coefficient (Wildman–Crippen LogP) is 4.37. The van der Waals surface area contributed by atoms with Crippen LogP contribution in [0.15, 0.2) is 24.3 Å². The van der Waals surface area contributed by atoms with E-state index in [2.05, 4.69) is 10.1 Å². The molecule has 0 atom stereocenters. The van der Waals surface area contributed by atoms with Gasteiger partial charge in [-0.3, -0.25) is 0 Å². The molecular formula is C20H25F3N4O3. The number of likely N-dealkylation sites (tertiary alicyclic amines) is 1. The fraction of sp³-hybridized carbons (Fsp3) is 0.550. The third-order valence-corrected chi connectivity index (χ3v) is 4.58. The molecule has 0 radical (unpaired) electrons. The van der Waals surface area contributed by atoms with E-state index in [1.54, 1.807) is 11.0 Å². The minimum absolute atomic E-state index is 0.0216. The second kappa shape index (κ2) is 8.93. The monoisotopic (exact) mass is 426 g/mol. The highest BCUT2D eigenvalue weighted by atomic mass is 19.3. The number of benzene rings is 1. The molecule has 10 heteroatoms. The van der Waals surface area contributed by atoms with E-state index < -0.39 is 23.7 Å². The van der Waals surface area contributed by atoms with Gasteiger partial charge in [-0.15, -0.1) is 5.10 Å². The van der Waals surface area contributed by atoms with Crippen LogP contribution >= 0.6 is 0 Å². The molecule has 0 aliphatic carbocycles. The molecular weight excluding hydrogens is 401 g/mol. The quantitative estimate of drug-likeness (QED) is 0.710. The van der Waals surface area contributed by atoms with Gasteiger partial charge < -0.3 is 14.4 Å². The van der Waals surface area contributed by atoms with Gasteiger partial charge in [0, 0.05) is 13.1 Å². The van der Waals surface area contributed by atoms with Gasteiger partial charge in [-0.25, -0.2) is 18.0 Å². The summed E-state index contributed by atoms with van der Waals surface area (Å²) in [4.78, 5) is 17.5. The number of carbonyl (C=O) groups is 1. The van der Waals surface area contributed by atoms with E-state index >= 15 is 0 Å². The van der Waals surface area contributed by atoms with E-state index in [1.165, 1.54) is 18.2 Å². The van der Waals surface area contributed by atoms with Gasteiger partial charge in [-0.2, -0.15) is 9.67 Å². The van der Waals surface area contributed by atoms with E-state index in [1.807, 2.05) is 20.8 Å². The van der Waals surface area contributed by atoms with Gasteiger partial charge in [-0.05, 0) is 51.7 Å². The summed E-state index contributed by atoms with van der Waals surface area (Å²) >= 11 is 0. The summed E-state index contributed by atoms with van der Waals surface area (Å²) in [6.45, 7) is 6.63. The largest absolute Gasteiger partial charge is 0.463 e. The molecule has 1 fully saturated rings. The summed E-state index contributed by atoms with van der Waals surface area (Å²) < 4.78 is 52.2. The molecule has 0 bridgehead atoms. The van der Waals surface area contributed by atoms with Gasteiger partial charge in [0.05, 0.1) is 6.61 Å². The molecule has 30 heavy (non-hydrogen) atoms. The first-order valence-corrected chi connectivity index (χ1v) is 9.75. The van der Waals surface area contributed by atoms with Crippen LogP contribution in [-0.4, -0.2) is 51.1 Å². The van der Waals surface area contributed by atoms with E-state index in [-0.39, 0.29) is 30.3 Å². The lowest BCUT2D eigenvalue weighted by molar-refractivity contribution is 0.0162. The zero-order valence-corrected chi connectivity index (χ0v) is 17.1. The highest BCUT2D eigenvalue weighted by molar-refractivity contribution is 5.68. The number of hydrogen-bond donors (Lipinski definition) is 0. The van der Waals surface area contributed by atoms with Gasteiger partial charge in [0.25, 0.3) is 6.43 Å². The zero-order valence-electron chi connectivity index (χ0n) is 17.1. The lowest BCUT2D eigenvalue weighted by Crippen LogP contribution is -2.42. The minimum Gasteiger partial charge on any atom is -0.463 e. The number of halogens is 3. The Morgan fingerprint density at radius 1 is 1.23 bits per heavy atom. The molecule has 2 heterocycles. The summed E-state index contributed by atoms with van der Waals surface area (Å²) in [5, 5.41) is 3.69. The average molecular weight is 426 g/mol. The second-order valence-electron chi connectivity index (χ2n) is 8.14. The molecule has 1 aromatic carbocycles. The number of rotatable bonds is 5. The van der Waals surface area contributed by atoms with Crippen molar-refractivity contribution >= 4 is 6.09 Å². The van der Waals surface area contributed by atoms with Gasteiger partial charge in [0.2, 0.25) is 5.82 Å². The van der Waals surface area contributed by atoms with Crippen molar-refractivity contribution in [2.75, 3.05) is 19.7 Å². The number of hydrogen-bond acceptors (Lipinski definition) is 5. The van der Waals surface area contributed by atoms with Crippen LogP contribution in [0.4, 0.5) is 18.0 Å². The number of para-hydroxylation sites is 1. The normalized spacial score (nSPS) is 15.5. The molecule has 1 aliphatic rings. The van der Waals surface area contributed by atoms with Gasteiger partial charge >= 0.3 is 12.1 Å². The van der Waals surface area contributed by atoms with Crippen molar-refractivity contribution in [2.24, 2.45) is 5.92 Å². The van der Waals surface area contributed by atoms with Crippen molar-refractivity contribution in [3.8, 4) is 11.7 Å². The first-order chi connectivity index (χ1) is 14.1. The minimum atomic E-state index is -2.91. The highest BCUT2D eigenvalue weighted by Gasteiger charge is 2.28. The Hall–Kier alpha value is -2.78. The van der Waals surface area contributed by atoms with Crippen LogP contribution in [0, 0.1) is 11.7 Å². The van der Waals surface area contributed by atoms with E-state index in [0.717, 1.165) is 4.68 Å². The Labute approximate surface area is 172 Å². The smallest absolute Gasteiger partial charge is 0.410 e. The van der Waals surface area contributed by atoms with Crippen molar-refractivity contribution in [1.82, 2.24) is 19.7 Å². The fourth-order valence-corrected chi connectivity index (χ4v) is 3.08. The lowest BCUT2D eigenvalue weighted by Gasteiger charge is -2.33. The second-order valence-corrected chi connectivity index (χ2v) is 8.14. The van der Waals surface area contributed by atoms with Crippen molar-refractivity contribution in [1.29, 1.82) is 0 Å². The number of carbonyl (C=O) groups excluding carboxylic acids is 1. The van der Waals surface area contributed by atoms with Gasteiger partial charge in [0.15, 0.2) is 0 Å². The molecule has 0 N–H and O–H groups in total. The van der Waals surface area contributed by atoms with Crippen LogP contribution in [0.2, 0.25) is 0 Å². The molecule has 7 nitrogen and oxygen atoms in total. The molecule has 164 valence electrons.